The lowest BCUT2D eigenvalue weighted by atomic mass is 10.1. The van der Waals surface area contributed by atoms with Crippen molar-refractivity contribution in [1.82, 2.24) is 4.90 Å². The van der Waals surface area contributed by atoms with Gasteiger partial charge in [-0.2, -0.15) is 0 Å². The van der Waals surface area contributed by atoms with E-state index in [4.69, 9.17) is 4.74 Å². The number of fused-ring (bicyclic) bond motifs is 1. The molecule has 0 radical (unpaired) electrons. The molecule has 0 spiro atoms. The molecule has 3 heteroatoms. The van der Waals surface area contributed by atoms with E-state index >= 15 is 0 Å². The Morgan fingerprint density at radius 1 is 1.50 bits per heavy atom. The smallest absolute Gasteiger partial charge is 0.323 e. The van der Waals surface area contributed by atoms with Crippen LogP contribution < -0.4 is 0 Å². The number of hydrogen-bond acceptors (Lipinski definition) is 3. The van der Waals surface area contributed by atoms with Gasteiger partial charge in [-0.15, -0.1) is 0 Å². The zero-order valence-corrected chi connectivity index (χ0v) is 7.45. The molecule has 2 aliphatic heterocycles. The summed E-state index contributed by atoms with van der Waals surface area (Å²) in [6, 6.07) is 0.781. The van der Waals surface area contributed by atoms with Crippen LogP contribution >= 0.6 is 0 Å². The number of ether oxygens (including phenoxy) is 1. The van der Waals surface area contributed by atoms with Crippen molar-refractivity contribution in [2.75, 3.05) is 13.2 Å². The van der Waals surface area contributed by atoms with Gasteiger partial charge < -0.3 is 4.74 Å². The average Bonchev–Trinajstić information content (AvgIpc) is 2.27. The Morgan fingerprint density at radius 2 is 2.33 bits per heavy atom. The molecule has 0 aliphatic carbocycles. The molecule has 0 N–H and O–H groups in total. The van der Waals surface area contributed by atoms with E-state index < -0.39 is 0 Å². The summed E-state index contributed by atoms with van der Waals surface area (Å²) in [6.45, 7) is 3.46. The molecular weight excluding hydrogens is 154 g/mol. The summed E-state index contributed by atoms with van der Waals surface area (Å²) in [7, 11) is 0. The minimum Gasteiger partial charge on any atom is -0.465 e. The minimum absolute atomic E-state index is 0.0142. The molecule has 0 amide bonds. The van der Waals surface area contributed by atoms with Gasteiger partial charge in [-0.1, -0.05) is 0 Å². The van der Waals surface area contributed by atoms with Crippen molar-refractivity contribution in [3.8, 4) is 0 Å². The number of esters is 1. The van der Waals surface area contributed by atoms with Crippen LogP contribution in [0.3, 0.4) is 0 Å². The first kappa shape index (κ1) is 8.05. The summed E-state index contributed by atoms with van der Waals surface area (Å²) in [4.78, 5) is 13.6. The third-order valence-corrected chi connectivity index (χ3v) is 2.92. The monoisotopic (exact) mass is 169 g/mol. The summed E-state index contributed by atoms with van der Waals surface area (Å²) in [6.07, 6.45) is 3.46. The minimum atomic E-state index is -0.0142. The number of nitrogens with zero attached hydrogens (tertiary/aromatic N) is 1. The summed E-state index contributed by atoms with van der Waals surface area (Å²) in [5.41, 5.74) is 0. The third kappa shape index (κ3) is 1.12. The normalized spacial score (nSPS) is 34.1. The lowest BCUT2D eigenvalue weighted by Crippen LogP contribution is -2.50. The molecule has 2 aliphatic rings. The molecule has 2 heterocycles. The highest BCUT2D eigenvalue weighted by Gasteiger charge is 2.43. The van der Waals surface area contributed by atoms with Gasteiger partial charge in [0.05, 0.1) is 6.61 Å². The molecule has 68 valence electrons. The molecule has 2 fully saturated rings. The van der Waals surface area contributed by atoms with Gasteiger partial charge in [0.15, 0.2) is 0 Å². The molecule has 0 saturated carbocycles. The highest BCUT2D eigenvalue weighted by Crippen LogP contribution is 2.34. The molecule has 2 atom stereocenters. The number of rotatable bonds is 2. The lowest BCUT2D eigenvalue weighted by Gasteiger charge is -2.37. The van der Waals surface area contributed by atoms with E-state index in [0.717, 1.165) is 13.0 Å². The maximum absolute atomic E-state index is 11.4. The molecular formula is C9H15NO2. The van der Waals surface area contributed by atoms with Gasteiger partial charge in [0.1, 0.15) is 6.04 Å². The van der Waals surface area contributed by atoms with Gasteiger partial charge in [0.25, 0.3) is 0 Å². The van der Waals surface area contributed by atoms with Crippen LogP contribution in [0.4, 0.5) is 0 Å². The van der Waals surface area contributed by atoms with Gasteiger partial charge in [-0.3, -0.25) is 9.69 Å². The van der Waals surface area contributed by atoms with Gasteiger partial charge in [-0.25, -0.2) is 0 Å². The first-order valence-corrected chi connectivity index (χ1v) is 4.75. The molecule has 0 aromatic carbocycles. The molecule has 1 unspecified atom stereocenters. The van der Waals surface area contributed by atoms with E-state index in [1.807, 2.05) is 6.92 Å². The van der Waals surface area contributed by atoms with Crippen LogP contribution in [0.2, 0.25) is 0 Å². The van der Waals surface area contributed by atoms with Crippen LogP contribution in [0.5, 0.6) is 0 Å². The summed E-state index contributed by atoms with van der Waals surface area (Å²) < 4.78 is 5.00. The van der Waals surface area contributed by atoms with E-state index in [2.05, 4.69) is 4.90 Å². The van der Waals surface area contributed by atoms with Crippen molar-refractivity contribution in [2.45, 2.75) is 38.3 Å². The van der Waals surface area contributed by atoms with E-state index in [9.17, 15) is 4.79 Å². The Labute approximate surface area is 72.7 Å². The second-order valence-electron chi connectivity index (χ2n) is 3.53. The zero-order chi connectivity index (χ0) is 8.55. The van der Waals surface area contributed by atoms with Gasteiger partial charge >= 0.3 is 5.97 Å². The quantitative estimate of drug-likeness (QED) is 0.572. The first-order valence-electron chi connectivity index (χ1n) is 4.75. The molecule has 3 nitrogen and oxygen atoms in total. The fraction of sp³-hybridized carbons (Fsp3) is 0.889. The molecule has 2 rings (SSSR count). The SMILES string of the molecule is CCOC(=O)C1CC[C@H]2CCN12. The molecule has 0 aromatic rings. The van der Waals surface area contributed by atoms with Crippen molar-refractivity contribution >= 4 is 5.97 Å². The van der Waals surface area contributed by atoms with Crippen molar-refractivity contribution in [3.63, 3.8) is 0 Å². The molecule has 0 bridgehead atoms. The predicted molar refractivity (Wildman–Crippen MR) is 44.8 cm³/mol. The van der Waals surface area contributed by atoms with Crippen molar-refractivity contribution in [2.24, 2.45) is 0 Å². The Hall–Kier alpha value is -0.570. The first-order chi connectivity index (χ1) is 5.83. The third-order valence-electron chi connectivity index (χ3n) is 2.92. The van der Waals surface area contributed by atoms with Crippen molar-refractivity contribution < 1.29 is 9.53 Å². The summed E-state index contributed by atoms with van der Waals surface area (Å²) in [5, 5.41) is 0. The Morgan fingerprint density at radius 3 is 2.83 bits per heavy atom. The van der Waals surface area contributed by atoms with Gasteiger partial charge in [0.2, 0.25) is 0 Å². The van der Waals surface area contributed by atoms with E-state index in [1.54, 1.807) is 0 Å². The molecule has 12 heavy (non-hydrogen) atoms. The van der Waals surface area contributed by atoms with Crippen LogP contribution in [-0.2, 0) is 9.53 Å². The predicted octanol–water partition coefficient (Wildman–Crippen LogP) is 0.786. The summed E-state index contributed by atoms with van der Waals surface area (Å²) >= 11 is 0. The fourth-order valence-corrected chi connectivity index (χ4v) is 2.19. The van der Waals surface area contributed by atoms with Crippen LogP contribution in [-0.4, -0.2) is 36.1 Å². The Kier molecular flexibility index (Phi) is 2.05. The maximum atomic E-state index is 11.4. The van der Waals surface area contributed by atoms with Gasteiger partial charge in [0, 0.05) is 12.6 Å². The molecule has 0 aromatic heterocycles. The van der Waals surface area contributed by atoms with Crippen LogP contribution in [0, 0.1) is 0 Å². The van der Waals surface area contributed by atoms with Crippen LogP contribution in [0.1, 0.15) is 26.2 Å². The average molecular weight is 169 g/mol. The Bertz CT molecular complexity index is 193. The second-order valence-corrected chi connectivity index (χ2v) is 3.53. The fourth-order valence-electron chi connectivity index (χ4n) is 2.19. The largest absolute Gasteiger partial charge is 0.465 e. The standard InChI is InChI=1S/C9H15NO2/c1-2-12-9(11)8-4-3-7-5-6-10(7)8/h7-8H,2-6H2,1H3/t7-,8?/m0/s1. The van der Waals surface area contributed by atoms with E-state index in [-0.39, 0.29) is 12.0 Å². The van der Waals surface area contributed by atoms with E-state index in [0.29, 0.717) is 12.6 Å². The maximum Gasteiger partial charge on any atom is 0.323 e. The second kappa shape index (κ2) is 3.05. The number of carbonyl (C=O) groups excluding carboxylic acids is 1. The molecule has 2 saturated heterocycles. The number of hydrogen-bond donors (Lipinski definition) is 0. The number of carbonyl (C=O) groups is 1. The van der Waals surface area contributed by atoms with Crippen LogP contribution in [0.15, 0.2) is 0 Å². The highest BCUT2D eigenvalue weighted by atomic mass is 16.5. The van der Waals surface area contributed by atoms with Crippen molar-refractivity contribution in [1.29, 1.82) is 0 Å². The lowest BCUT2D eigenvalue weighted by molar-refractivity contribution is -0.150. The van der Waals surface area contributed by atoms with E-state index in [1.165, 1.54) is 12.8 Å². The van der Waals surface area contributed by atoms with Crippen molar-refractivity contribution in [3.05, 3.63) is 0 Å². The zero-order valence-electron chi connectivity index (χ0n) is 7.45. The topological polar surface area (TPSA) is 29.5 Å². The van der Waals surface area contributed by atoms with Gasteiger partial charge in [-0.05, 0) is 26.2 Å². The highest BCUT2D eigenvalue weighted by molar-refractivity contribution is 5.76. The van der Waals surface area contributed by atoms with Crippen LogP contribution in [0.25, 0.3) is 0 Å². The summed E-state index contributed by atoms with van der Waals surface area (Å²) in [5.74, 6) is -0.0142. The Balaban J connectivity index is 1.91.